The number of allylic oxidation sites excluding steroid dienone is 1. The van der Waals surface area contributed by atoms with Crippen LogP contribution in [0.5, 0.6) is 5.75 Å². The quantitative estimate of drug-likeness (QED) is 0.742. The van der Waals surface area contributed by atoms with Gasteiger partial charge in [0.1, 0.15) is 11.6 Å². The van der Waals surface area contributed by atoms with Crippen molar-refractivity contribution in [1.29, 1.82) is 5.26 Å². The van der Waals surface area contributed by atoms with Crippen LogP contribution in [0, 0.1) is 11.3 Å². The van der Waals surface area contributed by atoms with Gasteiger partial charge in [-0.15, -0.1) is 0 Å². The highest BCUT2D eigenvalue weighted by molar-refractivity contribution is 5.78. The highest BCUT2D eigenvalue weighted by Crippen LogP contribution is 2.47. The highest BCUT2D eigenvalue weighted by atomic mass is 16.3. The van der Waals surface area contributed by atoms with Crippen LogP contribution < -0.4 is 10.6 Å². The van der Waals surface area contributed by atoms with E-state index in [0.717, 1.165) is 22.5 Å². The van der Waals surface area contributed by atoms with Gasteiger partial charge in [0.05, 0.1) is 17.3 Å². The summed E-state index contributed by atoms with van der Waals surface area (Å²) >= 11 is 0. The molecule has 0 radical (unpaired) electrons. The second-order valence-electron chi connectivity index (χ2n) is 6.04. The molecule has 1 aliphatic heterocycles. The number of phenolic OH excluding ortho intramolecular Hbond substituents is 1. The Morgan fingerprint density at radius 3 is 2.46 bits per heavy atom. The Labute approximate surface area is 151 Å². The fraction of sp³-hybridized carbons (Fsp3) is 0.0476. The molecule has 0 aliphatic carbocycles. The minimum atomic E-state index is -0.307. The predicted octanol–water partition coefficient (Wildman–Crippen LogP) is 3.76. The summed E-state index contributed by atoms with van der Waals surface area (Å²) in [5, 5.41) is 19.9. The van der Waals surface area contributed by atoms with Crippen molar-refractivity contribution in [2.45, 2.75) is 5.92 Å². The molecular formula is C21H16N4O. The van der Waals surface area contributed by atoms with Crippen molar-refractivity contribution in [2.24, 2.45) is 5.73 Å². The molecule has 126 valence electrons. The smallest absolute Gasteiger partial charge is 0.123 e. The van der Waals surface area contributed by atoms with E-state index in [2.05, 4.69) is 11.1 Å². The summed E-state index contributed by atoms with van der Waals surface area (Å²) in [6.07, 6.45) is 3.40. The molecule has 5 heteroatoms. The number of pyridine rings is 1. The Morgan fingerprint density at radius 2 is 1.77 bits per heavy atom. The number of rotatable bonds is 2. The van der Waals surface area contributed by atoms with Crippen LogP contribution in [-0.4, -0.2) is 10.1 Å². The molecule has 0 spiro atoms. The molecule has 0 saturated carbocycles. The lowest BCUT2D eigenvalue weighted by atomic mass is 9.82. The van der Waals surface area contributed by atoms with E-state index in [0.29, 0.717) is 11.4 Å². The van der Waals surface area contributed by atoms with Gasteiger partial charge in [0.15, 0.2) is 0 Å². The standard InChI is InChI=1S/C21H16N4O/c22-13-18-20(14-8-10-24-11-9-14)17-7-6-16(26)12-19(17)25(21(18)23)15-4-2-1-3-5-15/h1-12,20,26H,23H2/t20-/m0/s1. The first kappa shape index (κ1) is 15.7. The Bertz CT molecular complexity index is 1020. The second-order valence-corrected chi connectivity index (χ2v) is 6.04. The molecule has 2 aromatic carbocycles. The van der Waals surface area contributed by atoms with E-state index in [4.69, 9.17) is 5.73 Å². The molecule has 0 saturated heterocycles. The Kier molecular flexibility index (Phi) is 3.79. The number of aromatic hydroxyl groups is 1. The largest absolute Gasteiger partial charge is 0.508 e. The van der Waals surface area contributed by atoms with Gasteiger partial charge in [0, 0.05) is 30.1 Å². The first-order valence-corrected chi connectivity index (χ1v) is 8.18. The highest BCUT2D eigenvalue weighted by Gasteiger charge is 2.34. The third kappa shape index (κ3) is 2.45. The molecule has 3 N–H and O–H groups in total. The molecule has 1 aromatic heterocycles. The average molecular weight is 340 g/mol. The van der Waals surface area contributed by atoms with E-state index >= 15 is 0 Å². The molecule has 0 unspecified atom stereocenters. The number of hydrogen-bond acceptors (Lipinski definition) is 5. The number of hydrogen-bond donors (Lipinski definition) is 2. The minimum Gasteiger partial charge on any atom is -0.508 e. The van der Waals surface area contributed by atoms with Crippen molar-refractivity contribution in [3.05, 3.63) is 95.6 Å². The van der Waals surface area contributed by atoms with Crippen molar-refractivity contribution in [1.82, 2.24) is 4.98 Å². The normalized spacial score (nSPS) is 16.1. The monoisotopic (exact) mass is 340 g/mol. The van der Waals surface area contributed by atoms with Gasteiger partial charge in [0.25, 0.3) is 0 Å². The minimum absolute atomic E-state index is 0.145. The molecule has 3 aromatic rings. The maximum absolute atomic E-state index is 10.1. The number of benzene rings is 2. The molecule has 26 heavy (non-hydrogen) atoms. The summed E-state index contributed by atoms with van der Waals surface area (Å²) < 4.78 is 0. The summed E-state index contributed by atoms with van der Waals surface area (Å²) in [5.74, 6) is 0.198. The van der Waals surface area contributed by atoms with Crippen LogP contribution in [0.3, 0.4) is 0 Å². The number of nitrogens with zero attached hydrogens (tertiary/aromatic N) is 3. The Morgan fingerprint density at radius 1 is 1.04 bits per heavy atom. The lowest BCUT2D eigenvalue weighted by Crippen LogP contribution is -2.31. The van der Waals surface area contributed by atoms with Crippen molar-refractivity contribution < 1.29 is 5.11 Å². The van der Waals surface area contributed by atoms with Crippen molar-refractivity contribution in [3.63, 3.8) is 0 Å². The van der Waals surface area contributed by atoms with E-state index in [-0.39, 0.29) is 11.7 Å². The van der Waals surface area contributed by atoms with Crippen molar-refractivity contribution in [2.75, 3.05) is 4.90 Å². The number of anilines is 2. The van der Waals surface area contributed by atoms with E-state index in [1.165, 1.54) is 0 Å². The fourth-order valence-corrected chi connectivity index (χ4v) is 3.40. The Hall–Kier alpha value is -3.78. The van der Waals surface area contributed by atoms with Crippen LogP contribution in [0.1, 0.15) is 17.0 Å². The van der Waals surface area contributed by atoms with Gasteiger partial charge in [-0.25, -0.2) is 0 Å². The van der Waals surface area contributed by atoms with Gasteiger partial charge < -0.3 is 10.8 Å². The molecule has 1 atom stereocenters. The molecule has 5 nitrogen and oxygen atoms in total. The van der Waals surface area contributed by atoms with E-state index in [1.807, 2.05) is 53.4 Å². The SMILES string of the molecule is N#CC1=C(N)N(c2ccccc2)c2cc(O)ccc2[C@@H]1c1ccncc1. The van der Waals surface area contributed by atoms with Crippen LogP contribution >= 0.6 is 0 Å². The molecule has 2 heterocycles. The second kappa shape index (κ2) is 6.26. The summed E-state index contributed by atoms with van der Waals surface area (Å²) in [7, 11) is 0. The Balaban J connectivity index is 2.01. The lowest BCUT2D eigenvalue weighted by Gasteiger charge is -2.36. The third-order valence-corrected chi connectivity index (χ3v) is 4.55. The number of fused-ring (bicyclic) bond motifs is 1. The van der Waals surface area contributed by atoms with Crippen LogP contribution in [0.25, 0.3) is 0 Å². The number of phenols is 1. The zero-order chi connectivity index (χ0) is 18.1. The average Bonchev–Trinajstić information content (AvgIpc) is 2.68. The maximum atomic E-state index is 10.1. The van der Waals surface area contributed by atoms with Crippen LogP contribution in [0.4, 0.5) is 11.4 Å². The topological polar surface area (TPSA) is 86.2 Å². The van der Waals surface area contributed by atoms with Gasteiger partial charge in [-0.1, -0.05) is 24.3 Å². The van der Waals surface area contributed by atoms with Crippen LogP contribution in [0.15, 0.2) is 84.5 Å². The molecular weight excluding hydrogens is 324 g/mol. The zero-order valence-corrected chi connectivity index (χ0v) is 13.9. The molecule has 0 bridgehead atoms. The maximum Gasteiger partial charge on any atom is 0.123 e. The summed E-state index contributed by atoms with van der Waals surface area (Å²) in [4.78, 5) is 5.87. The number of nitriles is 1. The van der Waals surface area contributed by atoms with Gasteiger partial charge in [0.2, 0.25) is 0 Å². The predicted molar refractivity (Wildman–Crippen MR) is 99.6 cm³/mol. The van der Waals surface area contributed by atoms with Crippen LogP contribution in [-0.2, 0) is 0 Å². The van der Waals surface area contributed by atoms with Crippen molar-refractivity contribution >= 4 is 11.4 Å². The van der Waals surface area contributed by atoms with Crippen molar-refractivity contribution in [3.8, 4) is 11.8 Å². The fourth-order valence-electron chi connectivity index (χ4n) is 3.40. The molecule has 0 fully saturated rings. The van der Waals surface area contributed by atoms with E-state index in [9.17, 15) is 10.4 Å². The lowest BCUT2D eigenvalue weighted by molar-refractivity contribution is 0.475. The summed E-state index contributed by atoms with van der Waals surface area (Å²) in [6.45, 7) is 0. The third-order valence-electron chi connectivity index (χ3n) is 4.55. The van der Waals surface area contributed by atoms with Crippen LogP contribution in [0.2, 0.25) is 0 Å². The van der Waals surface area contributed by atoms with E-state index in [1.54, 1.807) is 24.5 Å². The van der Waals surface area contributed by atoms with E-state index < -0.39 is 0 Å². The number of nitrogens with two attached hydrogens (primary N) is 1. The van der Waals surface area contributed by atoms with Gasteiger partial charge in [-0.05, 0) is 41.5 Å². The number of para-hydroxylation sites is 1. The summed E-state index contributed by atoms with van der Waals surface area (Å²) in [5.41, 5.74) is 10.3. The van der Waals surface area contributed by atoms with Gasteiger partial charge in [-0.2, -0.15) is 5.26 Å². The van der Waals surface area contributed by atoms with Gasteiger partial charge >= 0.3 is 0 Å². The molecule has 4 rings (SSSR count). The first-order chi connectivity index (χ1) is 12.7. The first-order valence-electron chi connectivity index (χ1n) is 8.18. The summed E-state index contributed by atoms with van der Waals surface area (Å²) in [6, 6.07) is 20.8. The zero-order valence-electron chi connectivity index (χ0n) is 13.9. The number of aromatic nitrogens is 1. The molecule has 1 aliphatic rings. The van der Waals surface area contributed by atoms with Gasteiger partial charge in [-0.3, -0.25) is 9.88 Å². The molecule has 0 amide bonds.